The van der Waals surface area contributed by atoms with Crippen molar-refractivity contribution in [2.24, 2.45) is 0 Å². The summed E-state index contributed by atoms with van der Waals surface area (Å²) in [4.78, 5) is 18.4. The maximum absolute atomic E-state index is 12.3. The van der Waals surface area contributed by atoms with Crippen LogP contribution in [0.4, 0.5) is 5.69 Å². The average Bonchev–Trinajstić information content (AvgIpc) is 3.26. The summed E-state index contributed by atoms with van der Waals surface area (Å²) in [6.07, 6.45) is 0. The fraction of sp³-hybridized carbons (Fsp3) is 0.0870. The lowest BCUT2D eigenvalue weighted by molar-refractivity contribution is -0.121. The van der Waals surface area contributed by atoms with Crippen molar-refractivity contribution >= 4 is 23.2 Å². The van der Waals surface area contributed by atoms with Crippen LogP contribution >= 0.6 is 11.6 Å². The maximum atomic E-state index is 12.3. The summed E-state index contributed by atoms with van der Waals surface area (Å²) in [6.45, 7) is 0.150. The summed E-state index contributed by atoms with van der Waals surface area (Å²) in [5.41, 5.74) is 1.45. The molecule has 8 heteroatoms. The van der Waals surface area contributed by atoms with Gasteiger partial charge in [-0.25, -0.2) is 0 Å². The number of benzene rings is 3. The zero-order valence-corrected chi connectivity index (χ0v) is 17.0. The third kappa shape index (κ3) is 4.08. The van der Waals surface area contributed by atoms with Crippen LogP contribution < -0.4 is 14.4 Å². The molecular formula is C23H16ClN3O4. The van der Waals surface area contributed by atoms with E-state index in [1.165, 1.54) is 0 Å². The monoisotopic (exact) mass is 433 g/mol. The van der Waals surface area contributed by atoms with Crippen LogP contribution in [0.1, 0.15) is 5.89 Å². The molecule has 1 aliphatic heterocycles. The van der Waals surface area contributed by atoms with Gasteiger partial charge in [0.15, 0.2) is 6.61 Å². The van der Waals surface area contributed by atoms with E-state index in [1.54, 1.807) is 29.2 Å². The van der Waals surface area contributed by atoms with E-state index in [0.717, 1.165) is 5.56 Å². The second kappa shape index (κ2) is 8.12. The topological polar surface area (TPSA) is 77.7 Å². The van der Waals surface area contributed by atoms with Crippen molar-refractivity contribution in [1.29, 1.82) is 0 Å². The predicted molar refractivity (Wildman–Crippen MR) is 114 cm³/mol. The first kappa shape index (κ1) is 19.1. The van der Waals surface area contributed by atoms with Gasteiger partial charge < -0.3 is 14.0 Å². The zero-order chi connectivity index (χ0) is 21.2. The van der Waals surface area contributed by atoms with Crippen molar-refractivity contribution < 1.29 is 18.8 Å². The van der Waals surface area contributed by atoms with E-state index in [9.17, 15) is 4.79 Å². The van der Waals surface area contributed by atoms with E-state index >= 15 is 0 Å². The molecule has 4 aromatic rings. The summed E-state index contributed by atoms with van der Waals surface area (Å²) >= 11 is 5.89. The van der Waals surface area contributed by atoms with Gasteiger partial charge in [0.25, 0.3) is 5.91 Å². The second-order valence-corrected chi connectivity index (χ2v) is 7.26. The molecule has 0 bridgehead atoms. The van der Waals surface area contributed by atoms with Gasteiger partial charge in [0, 0.05) is 10.6 Å². The van der Waals surface area contributed by atoms with E-state index in [-0.39, 0.29) is 19.1 Å². The molecule has 0 spiro atoms. The quantitative estimate of drug-likeness (QED) is 0.435. The third-order valence-corrected chi connectivity index (χ3v) is 4.98. The van der Waals surface area contributed by atoms with E-state index in [1.807, 2.05) is 48.5 Å². The number of anilines is 1. The second-order valence-electron chi connectivity index (χ2n) is 6.83. The summed E-state index contributed by atoms with van der Waals surface area (Å²) in [6, 6.07) is 21.8. The van der Waals surface area contributed by atoms with E-state index in [2.05, 4.69) is 10.1 Å². The zero-order valence-electron chi connectivity index (χ0n) is 16.2. The standard InChI is InChI=1S/C23H16ClN3O4/c24-16-7-11-18(12-8-16)30-17-9-5-15(6-10-17)23-25-21(31-26-23)13-27-19-3-1-2-4-20(19)29-14-22(27)28/h1-12H,13-14H2. The number of aromatic nitrogens is 2. The summed E-state index contributed by atoms with van der Waals surface area (Å²) in [5, 5.41) is 4.70. The molecule has 0 atom stereocenters. The van der Waals surface area contributed by atoms with Gasteiger partial charge in [-0.1, -0.05) is 28.9 Å². The maximum Gasteiger partial charge on any atom is 0.265 e. The number of halogens is 1. The van der Waals surface area contributed by atoms with Crippen molar-refractivity contribution in [2.75, 3.05) is 11.5 Å². The Balaban J connectivity index is 1.30. The molecule has 0 aliphatic carbocycles. The van der Waals surface area contributed by atoms with Gasteiger partial charge in [0.05, 0.1) is 5.69 Å². The number of carbonyl (C=O) groups excluding carboxylic acids is 1. The smallest absolute Gasteiger partial charge is 0.265 e. The predicted octanol–water partition coefficient (Wildman–Crippen LogP) is 5.11. The van der Waals surface area contributed by atoms with Crippen LogP contribution in [0.25, 0.3) is 11.4 Å². The summed E-state index contributed by atoms with van der Waals surface area (Å²) < 4.78 is 16.6. The van der Waals surface area contributed by atoms with Gasteiger partial charge in [-0.05, 0) is 60.7 Å². The molecule has 1 amide bonds. The summed E-state index contributed by atoms with van der Waals surface area (Å²) in [7, 11) is 0. The fourth-order valence-corrected chi connectivity index (χ4v) is 3.34. The Morgan fingerprint density at radius 1 is 0.968 bits per heavy atom. The molecule has 1 aromatic heterocycles. The van der Waals surface area contributed by atoms with E-state index in [0.29, 0.717) is 39.7 Å². The molecule has 7 nitrogen and oxygen atoms in total. The van der Waals surface area contributed by atoms with Crippen molar-refractivity contribution in [2.45, 2.75) is 6.54 Å². The van der Waals surface area contributed by atoms with Crippen LogP contribution in [-0.4, -0.2) is 22.7 Å². The van der Waals surface area contributed by atoms with E-state index < -0.39 is 0 Å². The van der Waals surface area contributed by atoms with Crippen molar-refractivity contribution in [3.8, 4) is 28.6 Å². The van der Waals surface area contributed by atoms with Crippen molar-refractivity contribution in [1.82, 2.24) is 10.1 Å². The first-order valence-electron chi connectivity index (χ1n) is 9.54. The summed E-state index contributed by atoms with van der Waals surface area (Å²) in [5.74, 6) is 2.61. The minimum atomic E-state index is -0.165. The van der Waals surface area contributed by atoms with Gasteiger partial charge in [-0.3, -0.25) is 9.69 Å². The highest BCUT2D eigenvalue weighted by Crippen LogP contribution is 2.32. The Morgan fingerprint density at radius 3 is 2.45 bits per heavy atom. The highest BCUT2D eigenvalue weighted by Gasteiger charge is 2.27. The molecular weight excluding hydrogens is 418 g/mol. The lowest BCUT2D eigenvalue weighted by Gasteiger charge is -2.27. The molecule has 0 fully saturated rings. The average molecular weight is 434 g/mol. The number of amides is 1. The number of carbonyl (C=O) groups is 1. The molecule has 0 saturated heterocycles. The largest absolute Gasteiger partial charge is 0.482 e. The number of para-hydroxylation sites is 2. The molecule has 0 saturated carbocycles. The number of fused-ring (bicyclic) bond motifs is 1. The Bertz CT molecular complexity index is 1220. The Morgan fingerprint density at radius 2 is 1.68 bits per heavy atom. The first-order chi connectivity index (χ1) is 15.2. The van der Waals surface area contributed by atoms with E-state index in [4.69, 9.17) is 25.6 Å². The van der Waals surface area contributed by atoms with Crippen LogP contribution in [0.2, 0.25) is 5.02 Å². The van der Waals surface area contributed by atoms with Gasteiger partial charge in [0.2, 0.25) is 11.7 Å². The van der Waals surface area contributed by atoms with Gasteiger partial charge in [0.1, 0.15) is 23.8 Å². The molecule has 31 heavy (non-hydrogen) atoms. The van der Waals surface area contributed by atoms with Crippen molar-refractivity contribution in [3.05, 3.63) is 83.7 Å². The molecule has 1 aliphatic rings. The third-order valence-electron chi connectivity index (χ3n) is 4.73. The number of hydrogen-bond acceptors (Lipinski definition) is 6. The minimum absolute atomic E-state index is 0.0207. The molecule has 0 radical (unpaired) electrons. The Labute approximate surface area is 182 Å². The lowest BCUT2D eigenvalue weighted by atomic mass is 10.2. The highest BCUT2D eigenvalue weighted by atomic mass is 35.5. The molecule has 0 unspecified atom stereocenters. The van der Waals surface area contributed by atoms with Crippen LogP contribution in [0.5, 0.6) is 17.2 Å². The molecule has 5 rings (SSSR count). The Kier molecular flexibility index (Phi) is 5.01. The van der Waals surface area contributed by atoms with Gasteiger partial charge >= 0.3 is 0 Å². The highest BCUT2D eigenvalue weighted by molar-refractivity contribution is 6.30. The molecule has 0 N–H and O–H groups in total. The van der Waals surface area contributed by atoms with Gasteiger partial charge in [-0.15, -0.1) is 0 Å². The van der Waals surface area contributed by atoms with Crippen LogP contribution in [-0.2, 0) is 11.3 Å². The minimum Gasteiger partial charge on any atom is -0.482 e. The van der Waals surface area contributed by atoms with Crippen molar-refractivity contribution in [3.63, 3.8) is 0 Å². The first-order valence-corrected chi connectivity index (χ1v) is 9.92. The Hall–Kier alpha value is -3.84. The van der Waals surface area contributed by atoms with Gasteiger partial charge in [-0.2, -0.15) is 4.98 Å². The molecule has 2 heterocycles. The fourth-order valence-electron chi connectivity index (χ4n) is 3.21. The number of rotatable bonds is 5. The SMILES string of the molecule is O=C1COc2ccccc2N1Cc1nc(-c2ccc(Oc3ccc(Cl)cc3)cc2)no1. The number of nitrogens with zero attached hydrogens (tertiary/aromatic N) is 3. The number of hydrogen-bond donors (Lipinski definition) is 0. The number of ether oxygens (including phenoxy) is 2. The van der Waals surface area contributed by atoms with Crippen LogP contribution in [0.3, 0.4) is 0 Å². The molecule has 154 valence electrons. The normalized spacial score (nSPS) is 12.9. The lowest BCUT2D eigenvalue weighted by Crippen LogP contribution is -2.38. The van der Waals surface area contributed by atoms with Crippen LogP contribution in [0.15, 0.2) is 77.3 Å². The molecule has 3 aromatic carbocycles. The van der Waals surface area contributed by atoms with Crippen LogP contribution in [0, 0.1) is 0 Å².